The van der Waals surface area contributed by atoms with E-state index in [9.17, 15) is 9.59 Å². The van der Waals surface area contributed by atoms with Crippen LogP contribution in [0.25, 0.3) is 0 Å². The van der Waals surface area contributed by atoms with Crippen LogP contribution in [0.4, 0.5) is 0 Å². The van der Waals surface area contributed by atoms with Crippen molar-refractivity contribution in [2.75, 3.05) is 13.2 Å². The lowest BCUT2D eigenvalue weighted by Gasteiger charge is -2.04. The zero-order chi connectivity index (χ0) is 30.0. The summed E-state index contributed by atoms with van der Waals surface area (Å²) in [4.78, 5) is 23.5. The Bertz CT molecular complexity index is 687. The lowest BCUT2D eigenvalue weighted by Crippen LogP contribution is -2.02. The Morgan fingerprint density at radius 1 is 0.310 bits per heavy atom. The molecule has 1 aliphatic heterocycles. The fourth-order valence-electron chi connectivity index (χ4n) is 5.54. The zero-order valence-electron chi connectivity index (χ0n) is 27.3. The first-order valence-electron chi connectivity index (χ1n) is 18.1. The van der Waals surface area contributed by atoms with Crippen LogP contribution in [0.2, 0.25) is 0 Å². The van der Waals surface area contributed by atoms with E-state index in [1.54, 1.807) is 0 Å². The molecule has 0 amide bonds. The van der Waals surface area contributed by atoms with Gasteiger partial charge < -0.3 is 9.47 Å². The Labute approximate surface area is 260 Å². The third kappa shape index (κ3) is 29.5. The molecule has 0 aliphatic carbocycles. The van der Waals surface area contributed by atoms with Gasteiger partial charge in [0.1, 0.15) is 0 Å². The van der Waals surface area contributed by atoms with Crippen LogP contribution in [0.15, 0.2) is 0 Å². The molecule has 0 N–H and O–H groups in total. The summed E-state index contributed by atoms with van der Waals surface area (Å²) in [6.07, 6.45) is 36.6. The predicted molar refractivity (Wildman–Crippen MR) is 176 cm³/mol. The molecule has 0 saturated carbocycles. The van der Waals surface area contributed by atoms with Gasteiger partial charge in [0.15, 0.2) is 0 Å². The van der Waals surface area contributed by atoms with Crippen molar-refractivity contribution >= 4 is 11.9 Å². The first kappa shape index (κ1) is 38.1. The molecule has 0 fully saturated rings. The minimum atomic E-state index is -0.350. The quantitative estimate of drug-likeness (QED) is 0.161. The number of carbonyl (C=O) groups is 2. The van der Waals surface area contributed by atoms with Gasteiger partial charge in [0, 0.05) is 24.7 Å². The lowest BCUT2D eigenvalue weighted by molar-refractivity contribution is -0.137. The number of hydrogen-bond acceptors (Lipinski definition) is 4. The van der Waals surface area contributed by atoms with E-state index in [0.29, 0.717) is 13.2 Å². The summed E-state index contributed by atoms with van der Waals surface area (Å²) in [7, 11) is 0. The number of rotatable bonds is 0. The maximum Gasteiger partial charge on any atom is 0.384 e. The molecular weight excluding hydrogens is 520 g/mol. The molecule has 42 heavy (non-hydrogen) atoms. The largest absolute Gasteiger partial charge is 0.456 e. The molecule has 1 heterocycles. The molecule has 1 rings (SSSR count). The van der Waals surface area contributed by atoms with Crippen LogP contribution < -0.4 is 0 Å². The Morgan fingerprint density at radius 2 is 0.524 bits per heavy atom. The molecule has 1 aliphatic rings. The number of esters is 2. The normalized spacial score (nSPS) is 21.6. The SMILES string of the molecule is O=C1C#CCCCCCCCCCCCCCCCCOC(=O)C#CCCCCCCCCCCCCCCCCO1. The average Bonchev–Trinajstić information content (AvgIpc) is 2.99. The van der Waals surface area contributed by atoms with Gasteiger partial charge in [-0.3, -0.25) is 0 Å². The summed E-state index contributed by atoms with van der Waals surface area (Å²) in [5.41, 5.74) is 0. The Hall–Kier alpha value is -1.94. The second kappa shape index (κ2) is 32.0. The van der Waals surface area contributed by atoms with Crippen molar-refractivity contribution in [1.82, 2.24) is 0 Å². The predicted octanol–water partition coefficient (Wildman–Crippen LogP) is 10.8. The lowest BCUT2D eigenvalue weighted by atomic mass is 10.0. The molecule has 0 spiro atoms. The van der Waals surface area contributed by atoms with E-state index >= 15 is 0 Å². The van der Waals surface area contributed by atoms with Crippen LogP contribution in [0, 0.1) is 23.7 Å². The van der Waals surface area contributed by atoms with Gasteiger partial charge in [-0.05, 0) is 25.7 Å². The highest BCUT2D eigenvalue weighted by atomic mass is 16.5. The van der Waals surface area contributed by atoms with E-state index in [0.717, 1.165) is 51.4 Å². The first-order valence-corrected chi connectivity index (χ1v) is 18.1. The van der Waals surface area contributed by atoms with Crippen molar-refractivity contribution in [3.63, 3.8) is 0 Å². The van der Waals surface area contributed by atoms with Gasteiger partial charge in [0.05, 0.1) is 13.2 Å². The van der Waals surface area contributed by atoms with Crippen molar-refractivity contribution in [1.29, 1.82) is 0 Å². The van der Waals surface area contributed by atoms with Crippen LogP contribution in [0.3, 0.4) is 0 Å². The third-order valence-electron chi connectivity index (χ3n) is 8.24. The first-order chi connectivity index (χ1) is 20.8. The van der Waals surface area contributed by atoms with Crippen molar-refractivity contribution in [2.45, 2.75) is 193 Å². The van der Waals surface area contributed by atoms with Crippen LogP contribution in [0.5, 0.6) is 0 Å². The Balaban J connectivity index is 2.16. The van der Waals surface area contributed by atoms with Gasteiger partial charge in [0.2, 0.25) is 0 Å². The summed E-state index contributed by atoms with van der Waals surface area (Å²) in [6, 6.07) is 0. The highest BCUT2D eigenvalue weighted by Crippen LogP contribution is 2.15. The molecule has 0 aromatic carbocycles. The minimum absolute atomic E-state index is 0.350. The third-order valence-corrected chi connectivity index (χ3v) is 8.24. The highest BCUT2D eigenvalue weighted by molar-refractivity contribution is 5.88. The van der Waals surface area contributed by atoms with E-state index in [1.165, 1.54) is 141 Å². The van der Waals surface area contributed by atoms with E-state index in [2.05, 4.69) is 23.7 Å². The fraction of sp³-hybridized carbons (Fsp3) is 0.842. The fourth-order valence-corrected chi connectivity index (χ4v) is 5.54. The summed E-state index contributed by atoms with van der Waals surface area (Å²) in [5, 5.41) is 0. The van der Waals surface area contributed by atoms with Gasteiger partial charge in [-0.1, -0.05) is 166 Å². The average molecular weight is 585 g/mol. The molecule has 0 aromatic heterocycles. The Kier molecular flexibility index (Phi) is 29.0. The van der Waals surface area contributed by atoms with E-state index in [-0.39, 0.29) is 11.9 Å². The second-order valence-corrected chi connectivity index (χ2v) is 12.3. The van der Waals surface area contributed by atoms with Gasteiger partial charge >= 0.3 is 11.9 Å². The number of ether oxygens (including phenoxy) is 2. The minimum Gasteiger partial charge on any atom is -0.456 e. The van der Waals surface area contributed by atoms with E-state index < -0.39 is 0 Å². The van der Waals surface area contributed by atoms with Gasteiger partial charge in [-0.2, -0.15) is 0 Å². The number of carbonyl (C=O) groups excluding carboxylic acids is 2. The molecule has 0 atom stereocenters. The number of cyclic esters (lactones) is 2. The monoisotopic (exact) mass is 584 g/mol. The Morgan fingerprint density at radius 3 is 0.786 bits per heavy atom. The molecule has 4 heteroatoms. The second-order valence-electron chi connectivity index (χ2n) is 12.3. The summed E-state index contributed by atoms with van der Waals surface area (Å²) >= 11 is 0. The maximum absolute atomic E-state index is 11.8. The van der Waals surface area contributed by atoms with Gasteiger partial charge in [0.25, 0.3) is 0 Å². The van der Waals surface area contributed by atoms with Gasteiger partial charge in [-0.25, -0.2) is 9.59 Å². The van der Waals surface area contributed by atoms with Crippen molar-refractivity contribution in [3.05, 3.63) is 0 Å². The van der Waals surface area contributed by atoms with Crippen LogP contribution in [-0.2, 0) is 19.1 Å². The maximum atomic E-state index is 11.8. The van der Waals surface area contributed by atoms with E-state index in [4.69, 9.17) is 9.47 Å². The smallest absolute Gasteiger partial charge is 0.384 e. The highest BCUT2D eigenvalue weighted by Gasteiger charge is 2.00. The van der Waals surface area contributed by atoms with Gasteiger partial charge in [-0.15, -0.1) is 0 Å². The van der Waals surface area contributed by atoms with Crippen LogP contribution in [-0.4, -0.2) is 25.2 Å². The molecule has 0 unspecified atom stereocenters. The molecule has 240 valence electrons. The van der Waals surface area contributed by atoms with Crippen molar-refractivity contribution in [3.8, 4) is 23.7 Å². The zero-order valence-corrected chi connectivity index (χ0v) is 27.3. The molecule has 4 nitrogen and oxygen atoms in total. The topological polar surface area (TPSA) is 52.6 Å². The molecule has 0 aromatic rings. The molecule has 0 radical (unpaired) electrons. The molecular formula is C38H64O4. The molecule has 0 saturated heterocycles. The summed E-state index contributed by atoms with van der Waals surface area (Å²) < 4.78 is 10.5. The van der Waals surface area contributed by atoms with Crippen LogP contribution >= 0.6 is 0 Å². The van der Waals surface area contributed by atoms with Crippen LogP contribution in [0.1, 0.15) is 193 Å². The standard InChI is InChI=1S/C38H64O4/c39-37-33-29-25-21-17-13-9-5-1-3-7-11-15-19-23-27-31-35-41-38(40)34-30-26-22-18-14-10-6-2-4-8-12-16-20-24-28-32-36-42-37/h1-28,31-32,35-36H2. The summed E-state index contributed by atoms with van der Waals surface area (Å²) in [6.45, 7) is 1.02. The van der Waals surface area contributed by atoms with E-state index in [1.807, 2.05) is 0 Å². The van der Waals surface area contributed by atoms with Crippen molar-refractivity contribution < 1.29 is 19.1 Å². The number of hydrogen-bond donors (Lipinski definition) is 0. The molecule has 0 bridgehead atoms. The summed E-state index contributed by atoms with van der Waals surface area (Å²) in [5.74, 6) is 10.6. The van der Waals surface area contributed by atoms with Crippen molar-refractivity contribution in [2.24, 2.45) is 0 Å².